The molecule has 2 aliphatic rings. The Labute approximate surface area is 109 Å². The van der Waals surface area contributed by atoms with Crippen LogP contribution in [0.1, 0.15) is 5.56 Å². The van der Waals surface area contributed by atoms with Crippen molar-refractivity contribution in [2.24, 2.45) is 11.0 Å². The standard InChI is InChI=1S/C13H11N3O3/c17-7-9-10-11(15-14-9)13(19)16(12(10)18)6-8-4-2-1-3-5-8/h1-5,7,10-11,15H,6H2. The minimum Gasteiger partial charge on any atom is -0.296 e. The number of carbonyl (C=O) groups excluding carboxylic acids is 3. The van der Waals surface area contributed by atoms with E-state index in [0.717, 1.165) is 5.56 Å². The molecule has 0 saturated carbocycles. The predicted octanol–water partition coefficient (Wildman–Crippen LogP) is -0.302. The summed E-state index contributed by atoms with van der Waals surface area (Å²) in [5, 5.41) is 3.71. The maximum atomic E-state index is 12.2. The van der Waals surface area contributed by atoms with E-state index in [4.69, 9.17) is 0 Å². The molecule has 6 nitrogen and oxygen atoms in total. The van der Waals surface area contributed by atoms with Crippen molar-refractivity contribution in [3.05, 3.63) is 35.9 Å². The number of rotatable bonds is 3. The zero-order chi connectivity index (χ0) is 13.4. The molecule has 1 N–H and O–H groups in total. The molecule has 0 bridgehead atoms. The highest BCUT2D eigenvalue weighted by Crippen LogP contribution is 2.26. The van der Waals surface area contributed by atoms with Crippen molar-refractivity contribution in [1.82, 2.24) is 10.3 Å². The van der Waals surface area contributed by atoms with Crippen LogP contribution in [0.2, 0.25) is 0 Å². The van der Waals surface area contributed by atoms with Crippen LogP contribution in [0.15, 0.2) is 35.4 Å². The molecule has 0 aromatic heterocycles. The summed E-state index contributed by atoms with van der Waals surface area (Å²) in [7, 11) is 0. The zero-order valence-electron chi connectivity index (χ0n) is 9.95. The number of imide groups is 1. The van der Waals surface area contributed by atoms with Crippen LogP contribution in [0.5, 0.6) is 0 Å². The average molecular weight is 257 g/mol. The zero-order valence-corrected chi connectivity index (χ0v) is 9.95. The van der Waals surface area contributed by atoms with E-state index < -0.39 is 12.0 Å². The molecule has 2 unspecified atom stereocenters. The van der Waals surface area contributed by atoms with Crippen molar-refractivity contribution in [2.75, 3.05) is 0 Å². The van der Waals surface area contributed by atoms with Crippen LogP contribution in [0.25, 0.3) is 0 Å². The molecule has 6 heteroatoms. The average Bonchev–Trinajstić information content (AvgIpc) is 2.96. The summed E-state index contributed by atoms with van der Waals surface area (Å²) in [4.78, 5) is 36.3. The van der Waals surface area contributed by atoms with Gasteiger partial charge in [-0.15, -0.1) is 0 Å². The predicted molar refractivity (Wildman–Crippen MR) is 65.9 cm³/mol. The van der Waals surface area contributed by atoms with Crippen molar-refractivity contribution in [3.63, 3.8) is 0 Å². The van der Waals surface area contributed by atoms with Crippen LogP contribution >= 0.6 is 0 Å². The lowest BCUT2D eigenvalue weighted by molar-refractivity contribution is -0.140. The Morgan fingerprint density at radius 2 is 1.95 bits per heavy atom. The quantitative estimate of drug-likeness (QED) is 0.595. The molecule has 2 aliphatic heterocycles. The van der Waals surface area contributed by atoms with Crippen LogP contribution in [0.4, 0.5) is 0 Å². The molecule has 0 spiro atoms. The molecule has 1 saturated heterocycles. The van der Waals surface area contributed by atoms with Crippen molar-refractivity contribution in [1.29, 1.82) is 0 Å². The number of nitrogens with one attached hydrogen (secondary N) is 1. The molecule has 96 valence electrons. The van der Waals surface area contributed by atoms with E-state index in [1.807, 2.05) is 30.3 Å². The summed E-state index contributed by atoms with van der Waals surface area (Å²) >= 11 is 0. The molecule has 19 heavy (non-hydrogen) atoms. The number of likely N-dealkylation sites (tertiary alicyclic amines) is 1. The first-order valence-electron chi connectivity index (χ1n) is 5.90. The number of hydrogen-bond acceptors (Lipinski definition) is 5. The van der Waals surface area contributed by atoms with Gasteiger partial charge in [-0.25, -0.2) is 0 Å². The van der Waals surface area contributed by atoms with Crippen molar-refractivity contribution in [3.8, 4) is 0 Å². The van der Waals surface area contributed by atoms with Gasteiger partial charge in [0.25, 0.3) is 5.91 Å². The third kappa shape index (κ3) is 1.72. The van der Waals surface area contributed by atoms with Crippen LogP contribution < -0.4 is 5.43 Å². The first-order chi connectivity index (χ1) is 9.22. The van der Waals surface area contributed by atoms with Crippen LogP contribution in [0, 0.1) is 5.92 Å². The lowest BCUT2D eigenvalue weighted by Crippen LogP contribution is -2.35. The number of hydrazone groups is 1. The van der Waals surface area contributed by atoms with Crippen molar-refractivity contribution >= 4 is 23.8 Å². The van der Waals surface area contributed by atoms with Gasteiger partial charge >= 0.3 is 0 Å². The monoisotopic (exact) mass is 257 g/mol. The van der Waals surface area contributed by atoms with Gasteiger partial charge in [0.1, 0.15) is 17.7 Å². The van der Waals surface area contributed by atoms with E-state index in [1.54, 1.807) is 0 Å². The second-order valence-electron chi connectivity index (χ2n) is 4.49. The lowest BCUT2D eigenvalue weighted by atomic mass is 10.00. The third-order valence-corrected chi connectivity index (χ3v) is 3.35. The highest BCUT2D eigenvalue weighted by atomic mass is 16.2. The minimum absolute atomic E-state index is 0.0962. The Hall–Kier alpha value is -2.50. The van der Waals surface area contributed by atoms with Gasteiger partial charge in [-0.3, -0.25) is 24.7 Å². The summed E-state index contributed by atoms with van der Waals surface area (Å²) in [6.07, 6.45) is 0.523. The van der Waals surface area contributed by atoms with E-state index in [9.17, 15) is 14.4 Å². The minimum atomic E-state index is -0.770. The Kier molecular flexibility index (Phi) is 2.63. The Balaban J connectivity index is 1.85. The molecule has 1 aromatic rings. The highest BCUT2D eigenvalue weighted by Gasteiger charge is 2.52. The summed E-state index contributed by atoms with van der Waals surface area (Å²) in [6.45, 7) is 0.222. The van der Waals surface area contributed by atoms with E-state index >= 15 is 0 Å². The topological polar surface area (TPSA) is 78.8 Å². The van der Waals surface area contributed by atoms with Crippen LogP contribution in [-0.4, -0.2) is 34.8 Å². The fraction of sp³-hybridized carbons (Fsp3) is 0.231. The SMILES string of the molecule is O=CC1=NNC2C(=O)N(Cc3ccccc3)C(=O)C12. The highest BCUT2D eigenvalue weighted by molar-refractivity contribution is 6.38. The number of hydrogen-bond donors (Lipinski definition) is 1. The van der Waals surface area contributed by atoms with Gasteiger partial charge in [-0.05, 0) is 5.56 Å². The van der Waals surface area contributed by atoms with Gasteiger partial charge in [0, 0.05) is 0 Å². The van der Waals surface area contributed by atoms with Crippen LogP contribution in [0.3, 0.4) is 0 Å². The number of aldehydes is 1. The Morgan fingerprint density at radius 1 is 1.21 bits per heavy atom. The number of fused-ring (bicyclic) bond motifs is 1. The van der Waals surface area contributed by atoms with Gasteiger partial charge in [0.2, 0.25) is 5.91 Å². The molecular formula is C13H11N3O3. The largest absolute Gasteiger partial charge is 0.296 e. The van der Waals surface area contributed by atoms with Gasteiger partial charge < -0.3 is 0 Å². The molecule has 1 aromatic carbocycles. The van der Waals surface area contributed by atoms with Gasteiger partial charge in [-0.2, -0.15) is 5.10 Å². The van der Waals surface area contributed by atoms with E-state index in [1.165, 1.54) is 4.90 Å². The molecule has 0 radical (unpaired) electrons. The Bertz CT molecular complexity index is 582. The summed E-state index contributed by atoms with van der Waals surface area (Å²) in [5.74, 6) is -1.47. The van der Waals surface area contributed by atoms with Gasteiger partial charge in [-0.1, -0.05) is 30.3 Å². The van der Waals surface area contributed by atoms with Crippen molar-refractivity contribution < 1.29 is 14.4 Å². The normalized spacial score (nSPS) is 25.1. The van der Waals surface area contributed by atoms with E-state index in [0.29, 0.717) is 6.29 Å². The second-order valence-corrected chi connectivity index (χ2v) is 4.49. The number of amides is 2. The molecule has 2 amide bonds. The molecular weight excluding hydrogens is 246 g/mol. The van der Waals surface area contributed by atoms with Gasteiger partial charge in [0.05, 0.1) is 6.54 Å². The maximum Gasteiger partial charge on any atom is 0.254 e. The summed E-state index contributed by atoms with van der Waals surface area (Å²) in [5.41, 5.74) is 3.53. The van der Waals surface area contributed by atoms with E-state index in [-0.39, 0.29) is 24.1 Å². The number of carbonyl (C=O) groups is 3. The first kappa shape index (κ1) is 11.6. The Morgan fingerprint density at radius 3 is 2.63 bits per heavy atom. The van der Waals surface area contributed by atoms with Crippen molar-refractivity contribution in [2.45, 2.75) is 12.6 Å². The molecule has 0 aliphatic carbocycles. The molecule has 3 rings (SSSR count). The number of benzene rings is 1. The summed E-state index contributed by atoms with van der Waals surface area (Å²) < 4.78 is 0. The van der Waals surface area contributed by atoms with Crippen LogP contribution in [-0.2, 0) is 20.9 Å². The third-order valence-electron chi connectivity index (χ3n) is 3.35. The fourth-order valence-electron chi connectivity index (χ4n) is 2.39. The van der Waals surface area contributed by atoms with E-state index in [2.05, 4.69) is 10.5 Å². The first-order valence-corrected chi connectivity index (χ1v) is 5.90. The maximum absolute atomic E-state index is 12.2. The van der Waals surface area contributed by atoms with Gasteiger partial charge in [0.15, 0.2) is 6.29 Å². The summed E-state index contributed by atoms with van der Waals surface area (Å²) in [6, 6.07) is 8.52. The lowest BCUT2D eigenvalue weighted by Gasteiger charge is -2.15. The second kappa shape index (κ2) is 4.31. The fourth-order valence-corrected chi connectivity index (χ4v) is 2.39. The smallest absolute Gasteiger partial charge is 0.254 e. The molecule has 2 heterocycles. The molecule has 1 fully saturated rings. The molecule has 2 atom stereocenters. The number of nitrogens with zero attached hydrogens (tertiary/aromatic N) is 2.